The van der Waals surface area contributed by atoms with E-state index in [1.54, 1.807) is 11.8 Å². The van der Waals surface area contributed by atoms with Crippen molar-refractivity contribution in [1.82, 2.24) is 4.90 Å². The molecule has 0 atom stereocenters. The molecule has 0 bridgehead atoms. The molecule has 0 radical (unpaired) electrons. The van der Waals surface area contributed by atoms with Crippen LogP contribution in [0, 0.1) is 12.3 Å². The normalized spacial score (nSPS) is 16.4. The molecule has 0 aromatic rings. The van der Waals surface area contributed by atoms with Crippen LogP contribution in [0.3, 0.4) is 0 Å². The number of rotatable bonds is 5. The molecule has 78 valence electrons. The van der Waals surface area contributed by atoms with Crippen molar-refractivity contribution in [2.75, 3.05) is 25.1 Å². The second-order valence-electron chi connectivity index (χ2n) is 3.34. The number of hydrogen-bond donors (Lipinski definition) is 1. The number of thioether (sulfide) groups is 1. The van der Waals surface area contributed by atoms with Gasteiger partial charge in [-0.3, -0.25) is 4.99 Å². The third-order valence-corrected chi connectivity index (χ3v) is 2.99. The summed E-state index contributed by atoms with van der Waals surface area (Å²) in [5, 5.41) is 0. The Morgan fingerprint density at radius 2 is 2.43 bits per heavy atom. The molecule has 0 spiro atoms. The van der Waals surface area contributed by atoms with Crippen LogP contribution in [0.15, 0.2) is 4.99 Å². The standard InChI is InChI=1S/C10H17N3S/c1-3-7-14-8-6-12-10(11)13(2)9-4-5-9/h1,9H,4-8H2,2H3,(H2,11,12). The first kappa shape index (κ1) is 11.3. The van der Waals surface area contributed by atoms with Crippen molar-refractivity contribution < 1.29 is 0 Å². The molecular weight excluding hydrogens is 194 g/mol. The van der Waals surface area contributed by atoms with Gasteiger partial charge in [0.25, 0.3) is 0 Å². The van der Waals surface area contributed by atoms with Gasteiger partial charge >= 0.3 is 0 Å². The van der Waals surface area contributed by atoms with Crippen molar-refractivity contribution in [3.8, 4) is 12.3 Å². The predicted octanol–water partition coefficient (Wildman–Crippen LogP) is 0.762. The maximum absolute atomic E-state index is 5.80. The van der Waals surface area contributed by atoms with E-state index in [9.17, 15) is 0 Å². The Hall–Kier alpha value is -0.820. The summed E-state index contributed by atoms with van der Waals surface area (Å²) in [6.07, 6.45) is 7.62. The van der Waals surface area contributed by atoms with E-state index in [-0.39, 0.29) is 0 Å². The zero-order valence-electron chi connectivity index (χ0n) is 8.57. The van der Waals surface area contributed by atoms with Crippen LogP contribution in [0.1, 0.15) is 12.8 Å². The van der Waals surface area contributed by atoms with Crippen molar-refractivity contribution in [2.45, 2.75) is 18.9 Å². The predicted molar refractivity (Wildman–Crippen MR) is 63.4 cm³/mol. The second kappa shape index (κ2) is 5.82. The molecule has 1 saturated carbocycles. The second-order valence-corrected chi connectivity index (χ2v) is 4.44. The lowest BCUT2D eigenvalue weighted by Gasteiger charge is -2.16. The summed E-state index contributed by atoms with van der Waals surface area (Å²) in [7, 11) is 2.01. The first-order chi connectivity index (χ1) is 6.75. The molecule has 4 heteroatoms. The average Bonchev–Trinajstić information content (AvgIpc) is 2.99. The van der Waals surface area contributed by atoms with Crippen LogP contribution in [0.2, 0.25) is 0 Å². The molecule has 0 aromatic carbocycles. The van der Waals surface area contributed by atoms with Crippen LogP contribution in [0.4, 0.5) is 0 Å². The van der Waals surface area contributed by atoms with Gasteiger partial charge < -0.3 is 10.6 Å². The largest absolute Gasteiger partial charge is 0.370 e. The van der Waals surface area contributed by atoms with E-state index in [1.807, 2.05) is 7.05 Å². The Balaban J connectivity index is 2.12. The number of hydrogen-bond acceptors (Lipinski definition) is 2. The molecule has 0 saturated heterocycles. The summed E-state index contributed by atoms with van der Waals surface area (Å²) in [6, 6.07) is 0.636. The van der Waals surface area contributed by atoms with Crippen molar-refractivity contribution >= 4 is 17.7 Å². The van der Waals surface area contributed by atoms with Crippen LogP contribution in [-0.4, -0.2) is 42.0 Å². The highest BCUT2D eigenvalue weighted by atomic mass is 32.2. The summed E-state index contributed by atoms with van der Waals surface area (Å²) in [5.41, 5.74) is 5.80. The first-order valence-electron chi connectivity index (χ1n) is 4.79. The van der Waals surface area contributed by atoms with Gasteiger partial charge in [0.1, 0.15) is 0 Å². The van der Waals surface area contributed by atoms with Crippen LogP contribution in [0.5, 0.6) is 0 Å². The Morgan fingerprint density at radius 1 is 1.71 bits per heavy atom. The van der Waals surface area contributed by atoms with Gasteiger partial charge in [-0.15, -0.1) is 18.2 Å². The van der Waals surface area contributed by atoms with Crippen LogP contribution in [-0.2, 0) is 0 Å². The maximum atomic E-state index is 5.80. The van der Waals surface area contributed by atoms with Gasteiger partial charge in [-0.1, -0.05) is 5.92 Å². The highest BCUT2D eigenvalue weighted by Crippen LogP contribution is 2.24. The van der Waals surface area contributed by atoms with Gasteiger partial charge in [-0.2, -0.15) is 0 Å². The molecule has 0 aromatic heterocycles. The van der Waals surface area contributed by atoms with Crippen LogP contribution >= 0.6 is 11.8 Å². The molecule has 1 rings (SSSR count). The summed E-state index contributed by atoms with van der Waals surface area (Å²) < 4.78 is 0. The summed E-state index contributed by atoms with van der Waals surface area (Å²) in [6.45, 7) is 0.759. The zero-order chi connectivity index (χ0) is 10.4. The number of terminal acetylenes is 1. The average molecular weight is 211 g/mol. The maximum Gasteiger partial charge on any atom is 0.191 e. The summed E-state index contributed by atoms with van der Waals surface area (Å²) >= 11 is 1.71. The van der Waals surface area contributed by atoms with Gasteiger partial charge in [-0.05, 0) is 12.8 Å². The van der Waals surface area contributed by atoms with Gasteiger partial charge in [-0.25, -0.2) is 0 Å². The minimum Gasteiger partial charge on any atom is -0.370 e. The molecule has 1 aliphatic carbocycles. The van der Waals surface area contributed by atoms with Gasteiger partial charge in [0.15, 0.2) is 5.96 Å². The van der Waals surface area contributed by atoms with E-state index in [0.29, 0.717) is 12.0 Å². The Morgan fingerprint density at radius 3 is 3.00 bits per heavy atom. The highest BCUT2D eigenvalue weighted by molar-refractivity contribution is 7.99. The molecule has 0 aliphatic heterocycles. The van der Waals surface area contributed by atoms with E-state index in [2.05, 4.69) is 15.8 Å². The lowest BCUT2D eigenvalue weighted by Crippen LogP contribution is -2.35. The topological polar surface area (TPSA) is 41.6 Å². The highest BCUT2D eigenvalue weighted by Gasteiger charge is 2.27. The van der Waals surface area contributed by atoms with E-state index < -0.39 is 0 Å². The van der Waals surface area contributed by atoms with Crippen molar-refractivity contribution in [2.24, 2.45) is 10.7 Å². The summed E-state index contributed by atoms with van der Waals surface area (Å²) in [5.74, 6) is 4.95. The van der Waals surface area contributed by atoms with Gasteiger partial charge in [0.2, 0.25) is 0 Å². The Labute approximate surface area is 90.1 Å². The molecule has 1 aliphatic rings. The van der Waals surface area contributed by atoms with E-state index in [1.165, 1.54) is 12.8 Å². The van der Waals surface area contributed by atoms with Gasteiger partial charge in [0.05, 0.1) is 12.3 Å². The smallest absolute Gasteiger partial charge is 0.191 e. The van der Waals surface area contributed by atoms with E-state index in [0.717, 1.165) is 18.1 Å². The van der Waals surface area contributed by atoms with Crippen molar-refractivity contribution in [3.63, 3.8) is 0 Å². The molecule has 0 unspecified atom stereocenters. The quantitative estimate of drug-likeness (QED) is 0.316. The minimum atomic E-state index is 0.636. The molecule has 1 fully saturated rings. The monoisotopic (exact) mass is 211 g/mol. The van der Waals surface area contributed by atoms with Gasteiger partial charge in [0, 0.05) is 18.8 Å². The number of nitrogens with zero attached hydrogens (tertiary/aromatic N) is 2. The SMILES string of the molecule is C#CCSCCN=C(N)N(C)C1CC1. The Bertz CT molecular complexity index is 240. The molecule has 2 N–H and O–H groups in total. The number of guanidine groups is 1. The van der Waals surface area contributed by atoms with E-state index in [4.69, 9.17) is 12.2 Å². The number of aliphatic imine (C=N–C) groups is 1. The van der Waals surface area contributed by atoms with Crippen LogP contribution < -0.4 is 5.73 Å². The molecular formula is C10H17N3S. The fourth-order valence-electron chi connectivity index (χ4n) is 1.12. The molecule has 3 nitrogen and oxygen atoms in total. The Kier molecular flexibility index (Phi) is 4.68. The van der Waals surface area contributed by atoms with Crippen molar-refractivity contribution in [3.05, 3.63) is 0 Å². The van der Waals surface area contributed by atoms with E-state index >= 15 is 0 Å². The van der Waals surface area contributed by atoms with Crippen LogP contribution in [0.25, 0.3) is 0 Å². The lowest BCUT2D eigenvalue weighted by atomic mass is 10.6. The number of nitrogens with two attached hydrogens (primary N) is 1. The fraction of sp³-hybridized carbons (Fsp3) is 0.700. The minimum absolute atomic E-state index is 0.636. The lowest BCUT2D eigenvalue weighted by molar-refractivity contribution is 0.488. The molecule has 14 heavy (non-hydrogen) atoms. The zero-order valence-corrected chi connectivity index (χ0v) is 9.39. The fourth-order valence-corrected chi connectivity index (χ4v) is 1.60. The third-order valence-electron chi connectivity index (χ3n) is 2.15. The van der Waals surface area contributed by atoms with Crippen molar-refractivity contribution in [1.29, 1.82) is 0 Å². The summed E-state index contributed by atoms with van der Waals surface area (Å²) in [4.78, 5) is 6.35. The third kappa shape index (κ3) is 3.93. The first-order valence-corrected chi connectivity index (χ1v) is 5.95. The molecule has 0 amide bonds. The molecule has 0 heterocycles.